The lowest BCUT2D eigenvalue weighted by atomic mass is 9.77. The van der Waals surface area contributed by atoms with Crippen LogP contribution in [0.5, 0.6) is 0 Å². The topological polar surface area (TPSA) is 65.1 Å². The highest BCUT2D eigenvalue weighted by atomic mass is 16.8. The fourth-order valence-corrected chi connectivity index (χ4v) is 4.07. The minimum absolute atomic E-state index is 0.0114. The van der Waals surface area contributed by atoms with Crippen LogP contribution < -0.4 is 0 Å². The Morgan fingerprint density at radius 3 is 2.76 bits per heavy atom. The van der Waals surface area contributed by atoms with E-state index in [-0.39, 0.29) is 42.0 Å². The molecular formula is C15H23NO5. The molecule has 0 unspecified atom stereocenters. The molecule has 1 amide bonds. The lowest BCUT2D eigenvalue weighted by Crippen LogP contribution is -2.55. The van der Waals surface area contributed by atoms with Crippen LogP contribution in [-0.2, 0) is 23.8 Å². The summed E-state index contributed by atoms with van der Waals surface area (Å²) in [5.41, 5.74) is 0. The highest BCUT2D eigenvalue weighted by Gasteiger charge is 2.60. The van der Waals surface area contributed by atoms with E-state index in [1.807, 2.05) is 20.8 Å². The van der Waals surface area contributed by atoms with Gasteiger partial charge in [0, 0.05) is 6.42 Å². The number of amides is 1. The van der Waals surface area contributed by atoms with Crippen LogP contribution in [0.1, 0.15) is 33.6 Å². The second-order valence-electron chi connectivity index (χ2n) is 6.60. The largest absolute Gasteiger partial charge is 0.469 e. The number of esters is 1. The molecule has 3 aliphatic rings. The van der Waals surface area contributed by atoms with E-state index >= 15 is 0 Å². The number of hydrogen-bond acceptors (Lipinski definition) is 5. The third-order valence-corrected chi connectivity index (χ3v) is 4.93. The summed E-state index contributed by atoms with van der Waals surface area (Å²) < 4.78 is 16.9. The van der Waals surface area contributed by atoms with Crippen LogP contribution in [-0.4, -0.2) is 54.5 Å². The fourth-order valence-electron chi connectivity index (χ4n) is 4.07. The molecular weight excluding hydrogens is 274 g/mol. The SMILES string of the molecule is CC[C@H]1CC(=O)N2C[C@H]3OC(C)(C)O[C@H]3[C@H]2[C@H]1C(=O)OC. The average Bonchev–Trinajstić information content (AvgIpc) is 2.90. The monoisotopic (exact) mass is 297 g/mol. The Morgan fingerprint density at radius 2 is 2.14 bits per heavy atom. The van der Waals surface area contributed by atoms with Gasteiger partial charge in [0.05, 0.1) is 25.6 Å². The number of nitrogens with zero attached hydrogens (tertiary/aromatic N) is 1. The molecule has 0 bridgehead atoms. The number of fused-ring (bicyclic) bond motifs is 3. The van der Waals surface area contributed by atoms with Gasteiger partial charge in [-0.3, -0.25) is 9.59 Å². The molecule has 0 aromatic rings. The summed E-state index contributed by atoms with van der Waals surface area (Å²) in [5, 5.41) is 0. The molecule has 0 aromatic carbocycles. The van der Waals surface area contributed by atoms with Crippen LogP contribution in [0.25, 0.3) is 0 Å². The maximum absolute atomic E-state index is 12.4. The molecule has 3 rings (SSSR count). The summed E-state index contributed by atoms with van der Waals surface area (Å²) in [6.07, 6.45) is 0.770. The number of carbonyl (C=O) groups is 2. The maximum atomic E-state index is 12.4. The first-order chi connectivity index (χ1) is 9.88. The summed E-state index contributed by atoms with van der Waals surface area (Å²) >= 11 is 0. The van der Waals surface area contributed by atoms with Gasteiger partial charge in [0.2, 0.25) is 5.91 Å². The second-order valence-corrected chi connectivity index (χ2v) is 6.60. The van der Waals surface area contributed by atoms with Crippen LogP contribution in [0, 0.1) is 11.8 Å². The van der Waals surface area contributed by atoms with Crippen molar-refractivity contribution in [1.82, 2.24) is 4.90 Å². The molecule has 3 heterocycles. The van der Waals surface area contributed by atoms with E-state index in [1.54, 1.807) is 4.90 Å². The standard InChI is InChI=1S/C15H23NO5/c1-5-8-6-10(17)16-7-9-13(21-15(2,3)20-9)12(16)11(8)14(18)19-4/h8-9,11-13H,5-7H2,1-4H3/t8-,9+,11-,12+,13+/m0/s1. The van der Waals surface area contributed by atoms with Gasteiger partial charge in [-0.05, 0) is 19.8 Å². The Hall–Kier alpha value is -1.14. The number of rotatable bonds is 2. The van der Waals surface area contributed by atoms with Crippen molar-refractivity contribution in [3.05, 3.63) is 0 Å². The lowest BCUT2D eigenvalue weighted by molar-refractivity contribution is -0.181. The molecule has 21 heavy (non-hydrogen) atoms. The Labute approximate surface area is 124 Å². The fraction of sp³-hybridized carbons (Fsp3) is 0.867. The Bertz CT molecular complexity index is 463. The molecule has 0 N–H and O–H groups in total. The third kappa shape index (κ3) is 2.25. The lowest BCUT2D eigenvalue weighted by Gasteiger charge is -2.41. The van der Waals surface area contributed by atoms with Crippen LogP contribution in [0.2, 0.25) is 0 Å². The third-order valence-electron chi connectivity index (χ3n) is 4.93. The molecule has 5 atom stereocenters. The van der Waals surface area contributed by atoms with Crippen molar-refractivity contribution in [3.63, 3.8) is 0 Å². The number of ether oxygens (including phenoxy) is 3. The second kappa shape index (κ2) is 4.95. The molecule has 6 nitrogen and oxygen atoms in total. The van der Waals surface area contributed by atoms with Crippen molar-refractivity contribution < 1.29 is 23.8 Å². The van der Waals surface area contributed by atoms with Gasteiger partial charge >= 0.3 is 5.97 Å². The molecule has 3 aliphatic heterocycles. The molecule has 0 radical (unpaired) electrons. The Morgan fingerprint density at radius 1 is 1.43 bits per heavy atom. The van der Waals surface area contributed by atoms with Crippen molar-refractivity contribution >= 4 is 11.9 Å². The van der Waals surface area contributed by atoms with Gasteiger partial charge in [0.1, 0.15) is 12.2 Å². The summed E-state index contributed by atoms with van der Waals surface area (Å²) in [6.45, 7) is 6.24. The number of hydrogen-bond donors (Lipinski definition) is 0. The predicted molar refractivity (Wildman–Crippen MR) is 73.2 cm³/mol. The zero-order valence-corrected chi connectivity index (χ0v) is 13.0. The minimum Gasteiger partial charge on any atom is -0.469 e. The van der Waals surface area contributed by atoms with Crippen molar-refractivity contribution in [1.29, 1.82) is 0 Å². The van der Waals surface area contributed by atoms with Gasteiger partial charge in [0.15, 0.2) is 5.79 Å². The van der Waals surface area contributed by atoms with E-state index in [1.165, 1.54) is 7.11 Å². The van der Waals surface area contributed by atoms with E-state index in [0.717, 1.165) is 6.42 Å². The molecule has 0 saturated carbocycles. The molecule has 0 spiro atoms. The van der Waals surface area contributed by atoms with E-state index < -0.39 is 5.79 Å². The van der Waals surface area contributed by atoms with Gasteiger partial charge in [-0.15, -0.1) is 0 Å². The van der Waals surface area contributed by atoms with Gasteiger partial charge in [-0.2, -0.15) is 0 Å². The molecule has 6 heteroatoms. The maximum Gasteiger partial charge on any atom is 0.311 e. The van der Waals surface area contributed by atoms with Gasteiger partial charge < -0.3 is 19.1 Å². The van der Waals surface area contributed by atoms with E-state index in [0.29, 0.717) is 13.0 Å². The summed E-state index contributed by atoms with van der Waals surface area (Å²) in [4.78, 5) is 26.4. The quantitative estimate of drug-likeness (QED) is 0.710. The first-order valence-electron chi connectivity index (χ1n) is 7.61. The zero-order chi connectivity index (χ0) is 15.4. The van der Waals surface area contributed by atoms with E-state index in [4.69, 9.17) is 14.2 Å². The number of carbonyl (C=O) groups excluding carboxylic acids is 2. The van der Waals surface area contributed by atoms with E-state index in [2.05, 4.69) is 0 Å². The van der Waals surface area contributed by atoms with Gasteiger partial charge in [-0.25, -0.2) is 0 Å². The smallest absolute Gasteiger partial charge is 0.311 e. The number of methoxy groups -OCH3 is 1. The summed E-state index contributed by atoms with van der Waals surface area (Å²) in [5.74, 6) is -1.14. The molecule has 118 valence electrons. The van der Waals surface area contributed by atoms with Crippen LogP contribution in [0.3, 0.4) is 0 Å². The van der Waals surface area contributed by atoms with Gasteiger partial charge in [0.25, 0.3) is 0 Å². The van der Waals surface area contributed by atoms with Crippen molar-refractivity contribution in [3.8, 4) is 0 Å². The van der Waals surface area contributed by atoms with Crippen LogP contribution in [0.15, 0.2) is 0 Å². The summed E-state index contributed by atoms with van der Waals surface area (Å²) in [6, 6.07) is -0.268. The molecule has 0 aromatic heterocycles. The first-order valence-corrected chi connectivity index (χ1v) is 7.61. The van der Waals surface area contributed by atoms with Crippen LogP contribution in [0.4, 0.5) is 0 Å². The van der Waals surface area contributed by atoms with Crippen molar-refractivity contribution in [2.45, 2.75) is 57.6 Å². The van der Waals surface area contributed by atoms with Crippen molar-refractivity contribution in [2.75, 3.05) is 13.7 Å². The average molecular weight is 297 g/mol. The molecule has 3 saturated heterocycles. The first kappa shape index (κ1) is 14.8. The molecule has 0 aliphatic carbocycles. The Balaban J connectivity index is 1.94. The highest BCUT2D eigenvalue weighted by molar-refractivity contribution is 5.83. The van der Waals surface area contributed by atoms with Gasteiger partial charge in [-0.1, -0.05) is 13.3 Å². The summed E-state index contributed by atoms with van der Waals surface area (Å²) in [7, 11) is 1.40. The zero-order valence-electron chi connectivity index (χ0n) is 13.0. The Kier molecular flexibility index (Phi) is 3.48. The van der Waals surface area contributed by atoms with Crippen molar-refractivity contribution in [2.24, 2.45) is 11.8 Å². The highest BCUT2D eigenvalue weighted by Crippen LogP contribution is 2.45. The van der Waals surface area contributed by atoms with E-state index in [9.17, 15) is 9.59 Å². The van der Waals surface area contributed by atoms with Crippen LogP contribution >= 0.6 is 0 Å². The number of piperidine rings is 1. The minimum atomic E-state index is -0.662. The normalized spacial score (nSPS) is 40.9. The predicted octanol–water partition coefficient (Wildman–Crippen LogP) is 0.936. The molecule has 3 fully saturated rings.